The van der Waals surface area contributed by atoms with Crippen molar-refractivity contribution >= 4 is 17.5 Å². The van der Waals surface area contributed by atoms with E-state index in [0.717, 1.165) is 0 Å². The molecule has 0 fully saturated rings. The Kier molecular flexibility index (Phi) is 5.66. The monoisotopic (exact) mass is 359 g/mol. The third-order valence-corrected chi connectivity index (χ3v) is 3.92. The SMILES string of the molecule is COc1ccc(NC(=O)Cn2c(C)cc(C)c(C(N)=O)c2=O)cc1OC. The van der Waals surface area contributed by atoms with E-state index in [1.165, 1.54) is 18.8 Å². The number of nitrogens with one attached hydrogen (secondary N) is 1. The van der Waals surface area contributed by atoms with Gasteiger partial charge in [0.15, 0.2) is 11.5 Å². The summed E-state index contributed by atoms with van der Waals surface area (Å²) in [7, 11) is 3.00. The minimum Gasteiger partial charge on any atom is -0.493 e. The molecule has 8 heteroatoms. The van der Waals surface area contributed by atoms with E-state index < -0.39 is 17.4 Å². The highest BCUT2D eigenvalue weighted by Crippen LogP contribution is 2.29. The van der Waals surface area contributed by atoms with Crippen LogP contribution >= 0.6 is 0 Å². The zero-order valence-electron chi connectivity index (χ0n) is 15.1. The smallest absolute Gasteiger partial charge is 0.264 e. The first-order chi connectivity index (χ1) is 12.3. The number of methoxy groups -OCH3 is 2. The molecule has 0 spiro atoms. The molecule has 0 saturated heterocycles. The Morgan fingerprint density at radius 2 is 1.77 bits per heavy atom. The normalized spacial score (nSPS) is 10.3. The Balaban J connectivity index is 2.27. The van der Waals surface area contributed by atoms with Crippen LogP contribution in [0.15, 0.2) is 29.1 Å². The van der Waals surface area contributed by atoms with E-state index in [1.807, 2.05) is 0 Å². The first kappa shape index (κ1) is 19.0. The Morgan fingerprint density at radius 1 is 1.12 bits per heavy atom. The molecular weight excluding hydrogens is 338 g/mol. The number of hydrogen-bond donors (Lipinski definition) is 2. The predicted octanol–water partition coefficient (Wildman–Crippen LogP) is 1.22. The first-order valence-electron chi connectivity index (χ1n) is 7.81. The maximum atomic E-state index is 12.5. The fourth-order valence-corrected chi connectivity index (χ4v) is 2.68. The lowest BCUT2D eigenvalue weighted by Crippen LogP contribution is -2.35. The highest BCUT2D eigenvalue weighted by atomic mass is 16.5. The van der Waals surface area contributed by atoms with E-state index in [-0.39, 0.29) is 12.1 Å². The van der Waals surface area contributed by atoms with Crippen LogP contribution in [-0.4, -0.2) is 30.6 Å². The van der Waals surface area contributed by atoms with Crippen LogP contribution < -0.4 is 26.1 Å². The molecule has 1 aromatic carbocycles. The average Bonchev–Trinajstić information content (AvgIpc) is 2.57. The number of nitrogens with two attached hydrogens (primary N) is 1. The van der Waals surface area contributed by atoms with Gasteiger partial charge < -0.3 is 25.1 Å². The maximum Gasteiger partial charge on any atom is 0.264 e. The van der Waals surface area contributed by atoms with Crippen molar-refractivity contribution in [3.05, 3.63) is 51.4 Å². The lowest BCUT2D eigenvalue weighted by molar-refractivity contribution is -0.116. The summed E-state index contributed by atoms with van der Waals surface area (Å²) in [6.07, 6.45) is 0. The number of aromatic nitrogens is 1. The number of ether oxygens (including phenoxy) is 2. The first-order valence-corrected chi connectivity index (χ1v) is 7.81. The number of nitrogens with zero attached hydrogens (tertiary/aromatic N) is 1. The predicted molar refractivity (Wildman–Crippen MR) is 96.9 cm³/mol. The number of anilines is 1. The lowest BCUT2D eigenvalue weighted by atomic mass is 10.1. The minimum absolute atomic E-state index is 0.116. The van der Waals surface area contributed by atoms with Gasteiger partial charge in [0, 0.05) is 17.4 Å². The molecule has 0 aliphatic rings. The summed E-state index contributed by atoms with van der Waals surface area (Å²) in [5, 5.41) is 2.68. The molecule has 2 rings (SSSR count). The van der Waals surface area contributed by atoms with E-state index in [4.69, 9.17) is 15.2 Å². The molecule has 8 nitrogen and oxygen atoms in total. The van der Waals surface area contributed by atoms with Crippen molar-refractivity contribution in [2.75, 3.05) is 19.5 Å². The second-order valence-electron chi connectivity index (χ2n) is 5.72. The summed E-state index contributed by atoms with van der Waals surface area (Å²) in [6.45, 7) is 3.06. The van der Waals surface area contributed by atoms with Crippen molar-refractivity contribution in [1.29, 1.82) is 0 Å². The van der Waals surface area contributed by atoms with Gasteiger partial charge in [0.2, 0.25) is 5.91 Å². The molecule has 0 atom stereocenters. The third-order valence-electron chi connectivity index (χ3n) is 3.92. The zero-order chi connectivity index (χ0) is 19.4. The van der Waals surface area contributed by atoms with Crippen LogP contribution in [0, 0.1) is 13.8 Å². The highest BCUT2D eigenvalue weighted by molar-refractivity contribution is 5.94. The molecule has 26 heavy (non-hydrogen) atoms. The van der Waals surface area contributed by atoms with Crippen molar-refractivity contribution in [3.8, 4) is 11.5 Å². The van der Waals surface area contributed by atoms with Crippen molar-refractivity contribution in [2.24, 2.45) is 5.73 Å². The van der Waals surface area contributed by atoms with Crippen molar-refractivity contribution in [1.82, 2.24) is 4.57 Å². The van der Waals surface area contributed by atoms with Gasteiger partial charge in [-0.1, -0.05) is 0 Å². The van der Waals surface area contributed by atoms with Crippen molar-refractivity contribution < 1.29 is 19.1 Å². The van der Waals surface area contributed by atoms with Gasteiger partial charge in [-0.15, -0.1) is 0 Å². The van der Waals surface area contributed by atoms with E-state index >= 15 is 0 Å². The molecule has 1 aromatic heterocycles. The molecule has 0 saturated carbocycles. The number of aryl methyl sites for hydroxylation is 2. The molecule has 0 aliphatic carbocycles. The van der Waals surface area contributed by atoms with Crippen LogP contribution in [0.1, 0.15) is 21.6 Å². The number of amides is 2. The molecule has 0 radical (unpaired) electrons. The van der Waals surface area contributed by atoms with E-state index in [2.05, 4.69) is 5.32 Å². The van der Waals surface area contributed by atoms with Crippen LogP contribution in [0.4, 0.5) is 5.69 Å². The van der Waals surface area contributed by atoms with E-state index in [1.54, 1.807) is 38.1 Å². The van der Waals surface area contributed by atoms with Crippen molar-refractivity contribution in [2.45, 2.75) is 20.4 Å². The zero-order valence-corrected chi connectivity index (χ0v) is 15.1. The molecule has 2 amide bonds. The summed E-state index contributed by atoms with van der Waals surface area (Å²) in [5.74, 6) is -0.254. The fourth-order valence-electron chi connectivity index (χ4n) is 2.68. The van der Waals surface area contributed by atoms with Crippen LogP contribution in [-0.2, 0) is 11.3 Å². The number of carbonyl (C=O) groups is 2. The van der Waals surface area contributed by atoms with Crippen LogP contribution in [0.5, 0.6) is 11.5 Å². The largest absolute Gasteiger partial charge is 0.493 e. The molecule has 0 unspecified atom stereocenters. The summed E-state index contributed by atoms with van der Waals surface area (Å²) in [6, 6.07) is 6.56. The Bertz CT molecular complexity index is 918. The number of benzene rings is 1. The number of pyridine rings is 1. The fraction of sp³-hybridized carbons (Fsp3) is 0.278. The van der Waals surface area contributed by atoms with Gasteiger partial charge in [0.1, 0.15) is 12.1 Å². The van der Waals surface area contributed by atoms with Gasteiger partial charge in [-0.3, -0.25) is 14.4 Å². The molecular formula is C18H21N3O5. The quantitative estimate of drug-likeness (QED) is 0.805. The highest BCUT2D eigenvalue weighted by Gasteiger charge is 2.17. The van der Waals surface area contributed by atoms with E-state index in [9.17, 15) is 14.4 Å². The summed E-state index contributed by atoms with van der Waals surface area (Å²) in [4.78, 5) is 36.3. The van der Waals surface area contributed by atoms with Gasteiger partial charge in [0.05, 0.1) is 14.2 Å². The maximum absolute atomic E-state index is 12.5. The second kappa shape index (κ2) is 7.73. The third kappa shape index (κ3) is 3.85. The topological polar surface area (TPSA) is 113 Å². The molecule has 138 valence electrons. The second-order valence-corrected chi connectivity index (χ2v) is 5.72. The number of carbonyl (C=O) groups excluding carboxylic acids is 2. The molecule has 0 aliphatic heterocycles. The Hall–Kier alpha value is -3.29. The van der Waals surface area contributed by atoms with Gasteiger partial charge in [0.25, 0.3) is 11.5 Å². The number of rotatable bonds is 6. The van der Waals surface area contributed by atoms with Crippen LogP contribution in [0.2, 0.25) is 0 Å². The van der Waals surface area contributed by atoms with Crippen molar-refractivity contribution in [3.63, 3.8) is 0 Å². The van der Waals surface area contributed by atoms with Gasteiger partial charge in [-0.2, -0.15) is 0 Å². The molecule has 3 N–H and O–H groups in total. The van der Waals surface area contributed by atoms with Gasteiger partial charge in [-0.05, 0) is 37.6 Å². The van der Waals surface area contributed by atoms with Gasteiger partial charge in [-0.25, -0.2) is 0 Å². The molecule has 1 heterocycles. The lowest BCUT2D eigenvalue weighted by Gasteiger charge is -2.14. The average molecular weight is 359 g/mol. The summed E-state index contributed by atoms with van der Waals surface area (Å²) < 4.78 is 11.5. The van der Waals surface area contributed by atoms with E-state index in [0.29, 0.717) is 28.4 Å². The minimum atomic E-state index is -0.818. The molecule has 0 bridgehead atoms. The summed E-state index contributed by atoms with van der Waals surface area (Å²) >= 11 is 0. The van der Waals surface area contributed by atoms with Crippen LogP contribution in [0.25, 0.3) is 0 Å². The standard InChI is InChI=1S/C18H21N3O5/c1-10-7-11(2)21(18(24)16(10)17(19)23)9-15(22)20-12-5-6-13(25-3)14(8-12)26-4/h5-8H,9H2,1-4H3,(H2,19,23)(H,20,22). The Labute approximate surface area is 150 Å². The molecule has 2 aromatic rings. The summed E-state index contributed by atoms with van der Waals surface area (Å²) in [5.41, 5.74) is 6.09. The van der Waals surface area contributed by atoms with Crippen LogP contribution in [0.3, 0.4) is 0 Å². The number of primary amides is 1. The number of hydrogen-bond acceptors (Lipinski definition) is 5. The van der Waals surface area contributed by atoms with Gasteiger partial charge >= 0.3 is 0 Å². The Morgan fingerprint density at radius 3 is 2.35 bits per heavy atom.